The first kappa shape index (κ1) is 11.4. The quantitative estimate of drug-likeness (QED) is 0.621. The van der Waals surface area contributed by atoms with Crippen molar-refractivity contribution in [3.63, 3.8) is 0 Å². The zero-order valence-electron chi connectivity index (χ0n) is 7.15. The molecule has 15 heavy (non-hydrogen) atoms. The average Bonchev–Trinajstić information content (AvgIpc) is 2.17. The Hall–Kier alpha value is -1.70. The van der Waals surface area contributed by atoms with Crippen LogP contribution in [-0.4, -0.2) is 15.0 Å². The SMILES string of the molecule is O=[N+]([O-])c1cc(CO)c(F)c(C(F)F)n1. The minimum absolute atomic E-state index is 0.577. The largest absolute Gasteiger partial charge is 0.392 e. The van der Waals surface area contributed by atoms with Crippen LogP contribution in [0.1, 0.15) is 17.7 Å². The van der Waals surface area contributed by atoms with Gasteiger partial charge in [-0.1, -0.05) is 0 Å². The van der Waals surface area contributed by atoms with Gasteiger partial charge in [0.1, 0.15) is 0 Å². The molecule has 0 aliphatic heterocycles. The highest BCUT2D eigenvalue weighted by molar-refractivity contribution is 5.31. The first-order chi connectivity index (χ1) is 6.97. The van der Waals surface area contributed by atoms with E-state index >= 15 is 0 Å². The topological polar surface area (TPSA) is 76.3 Å². The third-order valence-electron chi connectivity index (χ3n) is 1.61. The van der Waals surface area contributed by atoms with Crippen LogP contribution in [0.2, 0.25) is 0 Å². The van der Waals surface area contributed by atoms with Gasteiger partial charge in [0.15, 0.2) is 5.82 Å². The number of pyridine rings is 1. The molecular formula is C7H5F3N2O3. The molecule has 0 spiro atoms. The molecule has 82 valence electrons. The first-order valence-corrected chi connectivity index (χ1v) is 3.70. The van der Waals surface area contributed by atoms with Gasteiger partial charge < -0.3 is 15.2 Å². The van der Waals surface area contributed by atoms with E-state index in [1.165, 1.54) is 0 Å². The molecule has 1 rings (SSSR count). The molecule has 0 aliphatic rings. The van der Waals surface area contributed by atoms with Gasteiger partial charge in [0.25, 0.3) is 5.69 Å². The second-order valence-corrected chi connectivity index (χ2v) is 2.55. The fourth-order valence-electron chi connectivity index (χ4n) is 0.942. The van der Waals surface area contributed by atoms with Gasteiger partial charge in [0.2, 0.25) is 0 Å². The molecule has 0 aromatic carbocycles. The van der Waals surface area contributed by atoms with Gasteiger partial charge in [-0.25, -0.2) is 13.2 Å². The molecule has 1 aromatic heterocycles. The smallest absolute Gasteiger partial charge is 0.364 e. The van der Waals surface area contributed by atoms with E-state index in [0.717, 1.165) is 0 Å². The van der Waals surface area contributed by atoms with E-state index in [0.29, 0.717) is 6.07 Å². The lowest BCUT2D eigenvalue weighted by Crippen LogP contribution is -2.04. The summed E-state index contributed by atoms with van der Waals surface area (Å²) in [6.45, 7) is -0.908. The van der Waals surface area contributed by atoms with Gasteiger partial charge in [0, 0.05) is 11.6 Å². The predicted octanol–water partition coefficient (Wildman–Crippen LogP) is 1.56. The standard InChI is InChI=1S/C7H5F3N2O3/c8-5-3(2-13)1-4(12(14)15)11-6(5)7(9)10/h1,7,13H,2H2. The Balaban J connectivity index is 3.38. The summed E-state index contributed by atoms with van der Waals surface area (Å²) < 4.78 is 37.4. The number of rotatable bonds is 3. The van der Waals surface area contributed by atoms with Crippen molar-refractivity contribution >= 4 is 5.82 Å². The minimum Gasteiger partial charge on any atom is -0.392 e. The van der Waals surface area contributed by atoms with Gasteiger partial charge in [-0.15, -0.1) is 0 Å². The Morgan fingerprint density at radius 2 is 2.20 bits per heavy atom. The third kappa shape index (κ3) is 2.21. The second-order valence-electron chi connectivity index (χ2n) is 2.55. The molecule has 0 aliphatic carbocycles. The Bertz CT molecular complexity index is 397. The molecule has 5 nitrogen and oxygen atoms in total. The van der Waals surface area contributed by atoms with Crippen molar-refractivity contribution in [2.45, 2.75) is 13.0 Å². The summed E-state index contributed by atoms with van der Waals surface area (Å²) in [6, 6.07) is 0.612. The van der Waals surface area contributed by atoms with Crippen molar-refractivity contribution in [2.75, 3.05) is 0 Å². The number of nitro groups is 1. The zero-order chi connectivity index (χ0) is 11.6. The molecule has 0 bridgehead atoms. The van der Waals surface area contributed by atoms with Crippen LogP contribution >= 0.6 is 0 Å². The molecular weight excluding hydrogens is 217 g/mol. The van der Waals surface area contributed by atoms with Crippen LogP contribution in [0.15, 0.2) is 6.07 Å². The van der Waals surface area contributed by atoms with Crippen LogP contribution in [0.25, 0.3) is 0 Å². The fourth-order valence-corrected chi connectivity index (χ4v) is 0.942. The van der Waals surface area contributed by atoms with Gasteiger partial charge in [-0.3, -0.25) is 0 Å². The first-order valence-electron chi connectivity index (χ1n) is 3.70. The molecule has 1 aromatic rings. The number of aliphatic hydroxyl groups is 1. The van der Waals surface area contributed by atoms with E-state index in [-0.39, 0.29) is 0 Å². The van der Waals surface area contributed by atoms with E-state index in [9.17, 15) is 23.3 Å². The summed E-state index contributed by atoms with van der Waals surface area (Å²) in [4.78, 5) is 12.1. The Kier molecular flexibility index (Phi) is 3.20. The predicted molar refractivity (Wildman–Crippen MR) is 41.7 cm³/mol. The molecule has 0 unspecified atom stereocenters. The van der Waals surface area contributed by atoms with Crippen molar-refractivity contribution in [1.29, 1.82) is 0 Å². The van der Waals surface area contributed by atoms with Crippen molar-refractivity contribution in [3.8, 4) is 0 Å². The summed E-state index contributed by atoms with van der Waals surface area (Å²) >= 11 is 0. The highest BCUT2D eigenvalue weighted by Crippen LogP contribution is 2.25. The maximum atomic E-state index is 13.0. The Morgan fingerprint density at radius 3 is 2.60 bits per heavy atom. The Morgan fingerprint density at radius 1 is 1.60 bits per heavy atom. The van der Waals surface area contributed by atoms with Gasteiger partial charge in [0.05, 0.1) is 6.61 Å². The normalized spacial score (nSPS) is 10.7. The summed E-state index contributed by atoms with van der Waals surface area (Å²) in [6.07, 6.45) is -3.27. The van der Waals surface area contributed by atoms with Crippen LogP contribution in [0, 0.1) is 15.9 Å². The van der Waals surface area contributed by atoms with Crippen molar-refractivity contribution in [1.82, 2.24) is 4.98 Å². The van der Waals surface area contributed by atoms with Gasteiger partial charge in [-0.2, -0.15) is 0 Å². The molecule has 8 heteroatoms. The monoisotopic (exact) mass is 222 g/mol. The van der Waals surface area contributed by atoms with Gasteiger partial charge >= 0.3 is 12.2 Å². The summed E-state index contributed by atoms with van der Waals surface area (Å²) in [5, 5.41) is 18.8. The van der Waals surface area contributed by atoms with Crippen LogP contribution in [0.5, 0.6) is 0 Å². The fraction of sp³-hybridized carbons (Fsp3) is 0.286. The maximum absolute atomic E-state index is 13.0. The van der Waals surface area contributed by atoms with E-state index in [1.54, 1.807) is 0 Å². The lowest BCUT2D eigenvalue weighted by molar-refractivity contribution is -0.389. The molecule has 0 saturated carbocycles. The van der Waals surface area contributed by atoms with E-state index in [2.05, 4.69) is 4.98 Å². The number of hydrogen-bond donors (Lipinski definition) is 1. The van der Waals surface area contributed by atoms with Crippen LogP contribution in [0.4, 0.5) is 19.0 Å². The number of aromatic nitrogens is 1. The van der Waals surface area contributed by atoms with Crippen LogP contribution < -0.4 is 0 Å². The van der Waals surface area contributed by atoms with Crippen LogP contribution in [0.3, 0.4) is 0 Å². The number of nitrogens with zero attached hydrogens (tertiary/aromatic N) is 2. The van der Waals surface area contributed by atoms with E-state index in [4.69, 9.17) is 5.11 Å². The molecule has 0 atom stereocenters. The number of halogens is 3. The number of hydrogen-bond acceptors (Lipinski definition) is 4. The van der Waals surface area contributed by atoms with Crippen LogP contribution in [-0.2, 0) is 6.61 Å². The summed E-state index contributed by atoms with van der Waals surface area (Å²) in [5.74, 6) is -2.34. The molecule has 1 heterocycles. The summed E-state index contributed by atoms with van der Waals surface area (Å²) in [7, 11) is 0. The maximum Gasteiger partial charge on any atom is 0.364 e. The van der Waals surface area contributed by atoms with Gasteiger partial charge in [-0.05, 0) is 9.91 Å². The van der Waals surface area contributed by atoms with E-state index < -0.39 is 40.8 Å². The minimum atomic E-state index is -3.27. The molecule has 1 N–H and O–H groups in total. The number of aliphatic hydroxyl groups excluding tert-OH is 1. The lowest BCUT2D eigenvalue weighted by atomic mass is 10.2. The average molecular weight is 222 g/mol. The van der Waals surface area contributed by atoms with Crippen molar-refractivity contribution < 1.29 is 23.2 Å². The zero-order valence-corrected chi connectivity index (χ0v) is 7.15. The highest BCUT2D eigenvalue weighted by atomic mass is 19.3. The molecule has 0 fully saturated rings. The molecule has 0 radical (unpaired) electrons. The highest BCUT2D eigenvalue weighted by Gasteiger charge is 2.27. The Labute approximate surface area is 81.3 Å². The molecule has 0 amide bonds. The van der Waals surface area contributed by atoms with E-state index in [1.807, 2.05) is 0 Å². The number of alkyl halides is 2. The second kappa shape index (κ2) is 4.22. The third-order valence-corrected chi connectivity index (χ3v) is 1.61. The summed E-state index contributed by atoms with van der Waals surface area (Å²) in [5.41, 5.74) is -1.90. The molecule has 0 saturated heterocycles. The lowest BCUT2D eigenvalue weighted by Gasteiger charge is -2.02. The van der Waals surface area contributed by atoms with Crippen molar-refractivity contribution in [2.24, 2.45) is 0 Å². The van der Waals surface area contributed by atoms with Crippen molar-refractivity contribution in [3.05, 3.63) is 33.3 Å².